The SMILES string of the molecule is Cc1ccc(C(O)CN2CCC(c3noc4cc(F)ccc34)CC2)c(C)c1. The number of likely N-dealkylation sites (tertiary alicyclic amines) is 1. The summed E-state index contributed by atoms with van der Waals surface area (Å²) in [4.78, 5) is 2.31. The van der Waals surface area contributed by atoms with Crippen molar-refractivity contribution in [3.63, 3.8) is 0 Å². The maximum absolute atomic E-state index is 13.3. The number of aliphatic hydroxyl groups excluding tert-OH is 1. The number of aliphatic hydroxyl groups is 1. The van der Waals surface area contributed by atoms with Crippen LogP contribution in [-0.4, -0.2) is 34.8 Å². The van der Waals surface area contributed by atoms with Gasteiger partial charge in [-0.1, -0.05) is 28.9 Å². The lowest BCUT2D eigenvalue weighted by atomic mass is 9.91. The molecule has 1 unspecified atom stereocenters. The van der Waals surface area contributed by atoms with Gasteiger partial charge >= 0.3 is 0 Å². The van der Waals surface area contributed by atoms with Crippen molar-refractivity contribution in [2.75, 3.05) is 19.6 Å². The van der Waals surface area contributed by atoms with Gasteiger partial charge in [0.05, 0.1) is 11.8 Å². The minimum absolute atomic E-state index is 0.305. The zero-order valence-corrected chi connectivity index (χ0v) is 15.8. The minimum atomic E-state index is -0.474. The summed E-state index contributed by atoms with van der Waals surface area (Å²) in [6.07, 6.45) is 1.44. The van der Waals surface area contributed by atoms with Crippen molar-refractivity contribution in [1.29, 1.82) is 0 Å². The Morgan fingerprint density at radius 3 is 2.70 bits per heavy atom. The van der Waals surface area contributed by atoms with Gasteiger partial charge in [-0.05, 0) is 63.0 Å². The summed E-state index contributed by atoms with van der Waals surface area (Å²) in [5.74, 6) is 0.00613. The zero-order chi connectivity index (χ0) is 19.0. The molecule has 0 aliphatic carbocycles. The Morgan fingerprint density at radius 2 is 1.96 bits per heavy atom. The number of aryl methyl sites for hydroxylation is 2. The van der Waals surface area contributed by atoms with E-state index in [0.717, 1.165) is 48.1 Å². The summed E-state index contributed by atoms with van der Waals surface area (Å²) in [6.45, 7) is 6.57. The van der Waals surface area contributed by atoms with E-state index in [-0.39, 0.29) is 5.82 Å². The molecule has 1 aliphatic rings. The van der Waals surface area contributed by atoms with Crippen molar-refractivity contribution < 1.29 is 14.0 Å². The van der Waals surface area contributed by atoms with Crippen LogP contribution in [0.5, 0.6) is 0 Å². The highest BCUT2D eigenvalue weighted by atomic mass is 19.1. The van der Waals surface area contributed by atoms with Crippen molar-refractivity contribution in [3.8, 4) is 0 Å². The largest absolute Gasteiger partial charge is 0.387 e. The molecule has 0 spiro atoms. The van der Waals surface area contributed by atoms with Crippen molar-refractivity contribution in [3.05, 3.63) is 64.6 Å². The lowest BCUT2D eigenvalue weighted by Gasteiger charge is -2.32. The highest BCUT2D eigenvalue weighted by Gasteiger charge is 2.26. The van der Waals surface area contributed by atoms with Crippen molar-refractivity contribution in [2.45, 2.75) is 38.7 Å². The van der Waals surface area contributed by atoms with Gasteiger partial charge in [0.15, 0.2) is 5.58 Å². The molecule has 1 aliphatic heterocycles. The third kappa shape index (κ3) is 3.75. The second kappa shape index (κ2) is 7.41. The highest BCUT2D eigenvalue weighted by Crippen LogP contribution is 2.33. The van der Waals surface area contributed by atoms with Gasteiger partial charge in [0.25, 0.3) is 0 Å². The van der Waals surface area contributed by atoms with E-state index < -0.39 is 6.10 Å². The lowest BCUT2D eigenvalue weighted by molar-refractivity contribution is 0.0963. The summed E-state index contributed by atoms with van der Waals surface area (Å²) in [6, 6.07) is 10.8. The van der Waals surface area contributed by atoms with E-state index in [1.54, 1.807) is 6.07 Å². The van der Waals surface area contributed by atoms with Crippen LogP contribution in [0.1, 0.15) is 47.2 Å². The molecule has 2 heterocycles. The van der Waals surface area contributed by atoms with Crippen molar-refractivity contribution in [1.82, 2.24) is 10.1 Å². The predicted molar refractivity (Wildman–Crippen MR) is 103 cm³/mol. The van der Waals surface area contributed by atoms with Gasteiger partial charge in [-0.3, -0.25) is 0 Å². The molecule has 1 fully saturated rings. The van der Waals surface area contributed by atoms with Gasteiger partial charge in [0, 0.05) is 23.9 Å². The number of rotatable bonds is 4. The molecule has 3 aromatic rings. The fraction of sp³-hybridized carbons (Fsp3) is 0.409. The van der Waals surface area contributed by atoms with Gasteiger partial charge < -0.3 is 14.5 Å². The fourth-order valence-electron chi connectivity index (χ4n) is 4.16. The first-order valence-electron chi connectivity index (χ1n) is 9.53. The number of piperidine rings is 1. The molecule has 4 rings (SSSR count). The number of β-amino-alcohol motifs (C(OH)–C–C–N with tert-alkyl or cyclic N) is 1. The van der Waals surface area contributed by atoms with Crippen LogP contribution in [0.4, 0.5) is 4.39 Å². The molecule has 1 aromatic heterocycles. The smallest absolute Gasteiger partial charge is 0.170 e. The molecule has 0 saturated carbocycles. The Hall–Kier alpha value is -2.24. The van der Waals surface area contributed by atoms with Crippen LogP contribution >= 0.6 is 0 Å². The topological polar surface area (TPSA) is 49.5 Å². The molecule has 0 radical (unpaired) electrons. The molecule has 1 atom stereocenters. The Balaban J connectivity index is 1.40. The van der Waals surface area contributed by atoms with Crippen LogP contribution in [0.3, 0.4) is 0 Å². The average Bonchev–Trinajstić information content (AvgIpc) is 3.05. The summed E-state index contributed by atoms with van der Waals surface area (Å²) in [5, 5.41) is 15.8. The van der Waals surface area contributed by atoms with Gasteiger partial charge in [0.2, 0.25) is 0 Å². The summed E-state index contributed by atoms with van der Waals surface area (Å²) < 4.78 is 18.6. The Labute approximate surface area is 158 Å². The first-order valence-corrected chi connectivity index (χ1v) is 9.53. The first-order chi connectivity index (χ1) is 13.0. The molecule has 4 nitrogen and oxygen atoms in total. The molecule has 5 heteroatoms. The van der Waals surface area contributed by atoms with Crippen molar-refractivity contribution >= 4 is 11.0 Å². The Kier molecular flexibility index (Phi) is 4.98. The average molecular weight is 368 g/mol. The Morgan fingerprint density at radius 1 is 1.19 bits per heavy atom. The number of hydrogen-bond acceptors (Lipinski definition) is 4. The van der Waals surface area contributed by atoms with Crippen LogP contribution in [0.15, 0.2) is 40.9 Å². The molecule has 27 heavy (non-hydrogen) atoms. The van der Waals surface area contributed by atoms with E-state index >= 15 is 0 Å². The van der Waals surface area contributed by atoms with Gasteiger partial charge in [0.1, 0.15) is 5.82 Å². The maximum Gasteiger partial charge on any atom is 0.170 e. The van der Waals surface area contributed by atoms with E-state index in [0.29, 0.717) is 18.0 Å². The second-order valence-corrected chi connectivity index (χ2v) is 7.66. The molecule has 0 bridgehead atoms. The summed E-state index contributed by atoms with van der Waals surface area (Å²) in [5.41, 5.74) is 4.80. The van der Waals surface area contributed by atoms with Crippen LogP contribution in [0.25, 0.3) is 11.0 Å². The van der Waals surface area contributed by atoms with Gasteiger partial charge in [-0.25, -0.2) is 4.39 Å². The number of hydrogen-bond donors (Lipinski definition) is 1. The third-order valence-electron chi connectivity index (χ3n) is 5.65. The van der Waals surface area contributed by atoms with Crippen LogP contribution < -0.4 is 0 Å². The number of benzene rings is 2. The molecule has 1 N–H and O–H groups in total. The monoisotopic (exact) mass is 368 g/mol. The van der Waals surface area contributed by atoms with E-state index in [4.69, 9.17) is 4.52 Å². The van der Waals surface area contributed by atoms with E-state index in [1.165, 1.54) is 17.7 Å². The normalized spacial score (nSPS) is 17.5. The lowest BCUT2D eigenvalue weighted by Crippen LogP contribution is -2.36. The molecule has 0 amide bonds. The summed E-state index contributed by atoms with van der Waals surface area (Å²) in [7, 11) is 0. The summed E-state index contributed by atoms with van der Waals surface area (Å²) >= 11 is 0. The minimum Gasteiger partial charge on any atom is -0.387 e. The number of nitrogens with zero attached hydrogens (tertiary/aromatic N) is 2. The number of fused-ring (bicyclic) bond motifs is 1. The molecule has 2 aromatic carbocycles. The second-order valence-electron chi connectivity index (χ2n) is 7.66. The molecular weight excluding hydrogens is 343 g/mol. The first kappa shape index (κ1) is 18.1. The molecule has 1 saturated heterocycles. The predicted octanol–water partition coefficient (Wildman–Crippen LogP) is 4.50. The maximum atomic E-state index is 13.3. The van der Waals surface area contributed by atoms with Crippen molar-refractivity contribution in [2.24, 2.45) is 0 Å². The van der Waals surface area contributed by atoms with Crippen LogP contribution in [-0.2, 0) is 0 Å². The van der Waals surface area contributed by atoms with E-state index in [2.05, 4.69) is 36.0 Å². The van der Waals surface area contributed by atoms with Gasteiger partial charge in [-0.2, -0.15) is 0 Å². The van der Waals surface area contributed by atoms with Crippen LogP contribution in [0.2, 0.25) is 0 Å². The fourth-order valence-corrected chi connectivity index (χ4v) is 4.16. The third-order valence-corrected chi connectivity index (χ3v) is 5.65. The van der Waals surface area contributed by atoms with E-state index in [9.17, 15) is 9.50 Å². The molecule has 142 valence electrons. The standard InChI is InChI=1S/C22H25FN2O2/c1-14-3-5-18(15(2)11-14)20(26)13-25-9-7-16(8-10-25)22-19-6-4-17(23)12-21(19)27-24-22/h3-6,11-12,16,20,26H,7-10,13H2,1-2H3. The molecular formula is C22H25FN2O2. The van der Waals surface area contributed by atoms with Crippen LogP contribution in [0, 0.1) is 19.7 Å². The number of halogens is 1. The Bertz CT molecular complexity index is 945. The number of aromatic nitrogens is 1. The van der Waals surface area contributed by atoms with E-state index in [1.807, 2.05) is 6.07 Å². The zero-order valence-electron chi connectivity index (χ0n) is 15.8. The quantitative estimate of drug-likeness (QED) is 0.737. The highest BCUT2D eigenvalue weighted by molar-refractivity contribution is 5.79. The van der Waals surface area contributed by atoms with Gasteiger partial charge in [-0.15, -0.1) is 0 Å².